The number of thiophene rings is 2. The molecule has 266 valence electrons. The van der Waals surface area contributed by atoms with Gasteiger partial charge < -0.3 is 0 Å². The number of hydrogen-bond acceptors (Lipinski definition) is 2. The highest BCUT2D eigenvalue weighted by Crippen LogP contribution is 2.50. The lowest BCUT2D eigenvalue weighted by Crippen LogP contribution is -2.14. The zero-order valence-electron chi connectivity index (χ0n) is 31.5. The SMILES string of the molecule is CC1(C)c2ccccc2-c2ccc(-c3ccc4sc5ccc(-c6ccc7c(c6)c6ccccc6c6cc8c(cc76)sc6c7ccccc7ccc86)cc5c4c3)cc21. The minimum atomic E-state index is -0.0202. The quantitative estimate of drug-likeness (QED) is 0.154. The van der Waals surface area contributed by atoms with Gasteiger partial charge in [-0.15, -0.1) is 22.7 Å². The van der Waals surface area contributed by atoms with E-state index in [0.29, 0.717) is 0 Å². The van der Waals surface area contributed by atoms with Gasteiger partial charge in [0.05, 0.1) is 0 Å². The lowest BCUT2D eigenvalue weighted by Gasteiger charge is -2.22. The van der Waals surface area contributed by atoms with Crippen LogP contribution in [0.25, 0.3) is 117 Å². The van der Waals surface area contributed by atoms with E-state index in [0.717, 1.165) is 0 Å². The second-order valence-corrected chi connectivity index (χ2v) is 18.6. The van der Waals surface area contributed by atoms with Crippen molar-refractivity contribution >= 4 is 106 Å². The van der Waals surface area contributed by atoms with Gasteiger partial charge in [-0.3, -0.25) is 0 Å². The summed E-state index contributed by atoms with van der Waals surface area (Å²) in [6.45, 7) is 4.73. The molecule has 0 saturated heterocycles. The third kappa shape index (κ3) is 4.43. The second kappa shape index (κ2) is 11.4. The molecule has 2 heterocycles. The summed E-state index contributed by atoms with van der Waals surface area (Å²) in [5.41, 5.74) is 10.6. The van der Waals surface area contributed by atoms with E-state index < -0.39 is 0 Å². The van der Waals surface area contributed by atoms with E-state index in [-0.39, 0.29) is 5.41 Å². The van der Waals surface area contributed by atoms with Crippen molar-refractivity contribution in [3.63, 3.8) is 0 Å². The Hall–Kier alpha value is -6.32. The van der Waals surface area contributed by atoms with E-state index >= 15 is 0 Å². The van der Waals surface area contributed by atoms with Crippen molar-refractivity contribution in [2.45, 2.75) is 19.3 Å². The molecule has 2 heteroatoms. The zero-order valence-corrected chi connectivity index (χ0v) is 33.1. The van der Waals surface area contributed by atoms with Gasteiger partial charge in [-0.25, -0.2) is 0 Å². The Morgan fingerprint density at radius 1 is 0.316 bits per heavy atom. The van der Waals surface area contributed by atoms with E-state index in [2.05, 4.69) is 184 Å². The van der Waals surface area contributed by atoms with Crippen molar-refractivity contribution < 1.29 is 0 Å². The highest BCUT2D eigenvalue weighted by molar-refractivity contribution is 7.27. The summed E-state index contributed by atoms with van der Waals surface area (Å²) >= 11 is 3.82. The highest BCUT2D eigenvalue weighted by atomic mass is 32.1. The average molecular weight is 759 g/mol. The molecule has 0 bridgehead atoms. The summed E-state index contributed by atoms with van der Waals surface area (Å²) in [5, 5.41) is 15.9. The summed E-state index contributed by atoms with van der Waals surface area (Å²) in [4.78, 5) is 0. The van der Waals surface area contributed by atoms with Gasteiger partial charge >= 0.3 is 0 Å². The molecule has 2 aromatic heterocycles. The monoisotopic (exact) mass is 758 g/mol. The van der Waals surface area contributed by atoms with Gasteiger partial charge in [-0.2, -0.15) is 0 Å². The fraction of sp³-hybridized carbons (Fsp3) is 0.0545. The molecule has 0 spiro atoms. The number of benzene rings is 10. The smallest absolute Gasteiger partial charge is 0.0433 e. The number of rotatable bonds is 2. The van der Waals surface area contributed by atoms with Crippen molar-refractivity contribution in [3.05, 3.63) is 181 Å². The predicted octanol–water partition coefficient (Wildman–Crippen LogP) is 16.7. The standard InChI is InChI=1S/C55H34S2/c1-55(2)49-14-8-7-13-40(49)41-21-17-35(28-50(41)55)34-19-24-52-47(27-34)46-26-33(18-23-51(46)56-52)32-16-20-39-43(25-32)37-11-5-6-12-38(37)44-29-48-42-22-15-31-9-3-4-10-36(31)54(42)57-53(48)30-45(39)44/h3-30H,1-2H3. The van der Waals surface area contributed by atoms with Crippen LogP contribution in [-0.4, -0.2) is 0 Å². The molecular weight excluding hydrogens is 725 g/mol. The Morgan fingerprint density at radius 2 is 0.842 bits per heavy atom. The molecule has 0 aliphatic heterocycles. The van der Waals surface area contributed by atoms with Gasteiger partial charge in [0.25, 0.3) is 0 Å². The van der Waals surface area contributed by atoms with Gasteiger partial charge in [0, 0.05) is 45.8 Å². The maximum absolute atomic E-state index is 2.46. The third-order valence-electron chi connectivity index (χ3n) is 13.0. The van der Waals surface area contributed by atoms with Crippen LogP contribution < -0.4 is 0 Å². The minimum absolute atomic E-state index is 0.0202. The largest absolute Gasteiger partial charge is 0.135 e. The number of hydrogen-bond donors (Lipinski definition) is 0. The molecule has 0 saturated carbocycles. The van der Waals surface area contributed by atoms with Crippen LogP contribution in [0.3, 0.4) is 0 Å². The Labute approximate surface area is 337 Å². The van der Waals surface area contributed by atoms with Crippen LogP contribution in [0, 0.1) is 0 Å². The van der Waals surface area contributed by atoms with E-state index in [1.54, 1.807) is 0 Å². The van der Waals surface area contributed by atoms with Crippen LogP contribution in [0.1, 0.15) is 25.0 Å². The van der Waals surface area contributed by atoms with Gasteiger partial charge in [-0.1, -0.05) is 135 Å². The summed E-state index contributed by atoms with van der Waals surface area (Å²) in [6, 6.07) is 64.5. The van der Waals surface area contributed by atoms with Crippen LogP contribution in [0.2, 0.25) is 0 Å². The second-order valence-electron chi connectivity index (χ2n) is 16.4. The molecule has 0 nitrogen and oxygen atoms in total. The maximum atomic E-state index is 2.46. The summed E-state index contributed by atoms with van der Waals surface area (Å²) in [6.07, 6.45) is 0. The molecule has 0 atom stereocenters. The topological polar surface area (TPSA) is 0 Å². The van der Waals surface area contributed by atoms with Gasteiger partial charge in [0.2, 0.25) is 0 Å². The molecule has 10 aromatic carbocycles. The Morgan fingerprint density at radius 3 is 1.61 bits per heavy atom. The first-order chi connectivity index (χ1) is 28.0. The first-order valence-corrected chi connectivity index (χ1v) is 21.4. The molecule has 13 rings (SSSR count). The lowest BCUT2D eigenvalue weighted by atomic mass is 9.81. The molecule has 0 radical (unpaired) electrons. The molecule has 0 amide bonds. The van der Waals surface area contributed by atoms with Crippen molar-refractivity contribution in [2.75, 3.05) is 0 Å². The predicted molar refractivity (Wildman–Crippen MR) is 251 cm³/mol. The average Bonchev–Trinajstić information content (AvgIpc) is 3.89. The van der Waals surface area contributed by atoms with Crippen LogP contribution >= 0.6 is 22.7 Å². The van der Waals surface area contributed by atoms with Crippen LogP contribution in [0.15, 0.2) is 170 Å². The zero-order chi connectivity index (χ0) is 37.6. The van der Waals surface area contributed by atoms with E-state index in [9.17, 15) is 0 Å². The highest BCUT2D eigenvalue weighted by Gasteiger charge is 2.35. The molecule has 57 heavy (non-hydrogen) atoms. The fourth-order valence-electron chi connectivity index (χ4n) is 10.2. The van der Waals surface area contributed by atoms with Crippen molar-refractivity contribution in [3.8, 4) is 33.4 Å². The van der Waals surface area contributed by atoms with Crippen LogP contribution in [0.5, 0.6) is 0 Å². The molecular formula is C55H34S2. The van der Waals surface area contributed by atoms with Gasteiger partial charge in [-0.05, 0) is 136 Å². The first kappa shape index (κ1) is 31.8. The molecule has 0 N–H and O–H groups in total. The Balaban J connectivity index is 0.960. The van der Waals surface area contributed by atoms with E-state index in [1.165, 1.54) is 128 Å². The Bertz CT molecular complexity index is 3720. The minimum Gasteiger partial charge on any atom is -0.135 e. The van der Waals surface area contributed by atoms with Crippen LogP contribution in [-0.2, 0) is 5.41 Å². The Kier molecular flexibility index (Phi) is 6.36. The van der Waals surface area contributed by atoms with E-state index in [4.69, 9.17) is 0 Å². The molecule has 12 aromatic rings. The molecule has 0 fully saturated rings. The van der Waals surface area contributed by atoms with Gasteiger partial charge in [0.1, 0.15) is 0 Å². The number of fused-ring (bicyclic) bond motifs is 17. The van der Waals surface area contributed by atoms with Crippen molar-refractivity contribution in [2.24, 2.45) is 0 Å². The van der Waals surface area contributed by atoms with Crippen molar-refractivity contribution in [1.82, 2.24) is 0 Å². The van der Waals surface area contributed by atoms with Gasteiger partial charge in [0.15, 0.2) is 0 Å². The summed E-state index contributed by atoms with van der Waals surface area (Å²) in [5.74, 6) is 0. The normalized spacial score (nSPS) is 13.6. The molecule has 1 aliphatic carbocycles. The third-order valence-corrected chi connectivity index (χ3v) is 15.4. The van der Waals surface area contributed by atoms with E-state index in [1.807, 2.05) is 22.7 Å². The van der Waals surface area contributed by atoms with Crippen molar-refractivity contribution in [1.29, 1.82) is 0 Å². The van der Waals surface area contributed by atoms with Crippen LogP contribution in [0.4, 0.5) is 0 Å². The maximum Gasteiger partial charge on any atom is 0.0433 e. The molecule has 0 unspecified atom stereocenters. The fourth-order valence-corrected chi connectivity index (χ4v) is 12.5. The summed E-state index contributed by atoms with van der Waals surface area (Å²) < 4.78 is 5.38. The molecule has 1 aliphatic rings. The first-order valence-electron chi connectivity index (χ1n) is 19.8. The lowest BCUT2D eigenvalue weighted by molar-refractivity contribution is 0.660. The summed E-state index contributed by atoms with van der Waals surface area (Å²) in [7, 11) is 0.